The molecule has 18 heavy (non-hydrogen) atoms. The predicted molar refractivity (Wildman–Crippen MR) is 69.8 cm³/mol. The first-order chi connectivity index (χ1) is 8.49. The fourth-order valence-corrected chi connectivity index (χ4v) is 2.05. The maximum atomic E-state index is 10.7. The summed E-state index contributed by atoms with van der Waals surface area (Å²) in [5, 5.41) is 13.5. The molecule has 0 bridgehead atoms. The molecule has 4 nitrogen and oxygen atoms in total. The van der Waals surface area contributed by atoms with Crippen molar-refractivity contribution in [3.05, 3.63) is 40.7 Å². The molecule has 5 heteroatoms. The quantitative estimate of drug-likeness (QED) is 0.927. The standard InChI is InChI=1S/C13H13ClN2O2/c1-8-3-4-10(14)5-11(8)12-6-15-16(9(12)2)7-13(17)18/h3-6H,7H2,1-2H3,(H,17,18). The van der Waals surface area contributed by atoms with Crippen LogP contribution in [0.4, 0.5) is 0 Å². The fourth-order valence-electron chi connectivity index (χ4n) is 1.88. The summed E-state index contributed by atoms with van der Waals surface area (Å²) in [6.45, 7) is 3.71. The van der Waals surface area contributed by atoms with Crippen molar-refractivity contribution in [2.45, 2.75) is 20.4 Å². The number of carboxylic acid groups (broad SMARTS) is 1. The van der Waals surface area contributed by atoms with E-state index in [9.17, 15) is 4.79 Å². The van der Waals surface area contributed by atoms with Crippen molar-refractivity contribution in [3.8, 4) is 11.1 Å². The lowest BCUT2D eigenvalue weighted by Gasteiger charge is -2.06. The Bertz CT molecular complexity index is 605. The lowest BCUT2D eigenvalue weighted by Crippen LogP contribution is -2.11. The topological polar surface area (TPSA) is 55.1 Å². The molecule has 0 atom stereocenters. The lowest BCUT2D eigenvalue weighted by molar-refractivity contribution is -0.137. The fraction of sp³-hybridized carbons (Fsp3) is 0.231. The highest BCUT2D eigenvalue weighted by atomic mass is 35.5. The molecular formula is C13H13ClN2O2. The Morgan fingerprint density at radius 3 is 2.78 bits per heavy atom. The van der Waals surface area contributed by atoms with Crippen LogP contribution in [0.15, 0.2) is 24.4 Å². The van der Waals surface area contributed by atoms with Crippen LogP contribution in [-0.2, 0) is 11.3 Å². The number of halogens is 1. The van der Waals surface area contributed by atoms with Gasteiger partial charge in [0.15, 0.2) is 0 Å². The van der Waals surface area contributed by atoms with Crippen LogP contribution in [0.1, 0.15) is 11.3 Å². The Labute approximate surface area is 110 Å². The summed E-state index contributed by atoms with van der Waals surface area (Å²) in [7, 11) is 0. The van der Waals surface area contributed by atoms with Crippen molar-refractivity contribution < 1.29 is 9.90 Å². The van der Waals surface area contributed by atoms with Gasteiger partial charge in [-0.1, -0.05) is 17.7 Å². The molecule has 94 valence electrons. The Balaban J connectivity index is 2.48. The van der Waals surface area contributed by atoms with Crippen molar-refractivity contribution in [1.82, 2.24) is 9.78 Å². The van der Waals surface area contributed by atoms with Gasteiger partial charge in [-0.3, -0.25) is 9.48 Å². The zero-order valence-electron chi connectivity index (χ0n) is 10.1. The zero-order valence-corrected chi connectivity index (χ0v) is 10.9. The number of aryl methyl sites for hydroxylation is 1. The average molecular weight is 265 g/mol. The number of aromatic nitrogens is 2. The molecule has 0 saturated heterocycles. The molecule has 0 spiro atoms. The van der Waals surface area contributed by atoms with Gasteiger partial charge in [-0.25, -0.2) is 0 Å². The van der Waals surface area contributed by atoms with Crippen molar-refractivity contribution in [2.24, 2.45) is 0 Å². The maximum absolute atomic E-state index is 10.7. The number of nitrogens with zero attached hydrogens (tertiary/aromatic N) is 2. The molecule has 0 unspecified atom stereocenters. The van der Waals surface area contributed by atoms with E-state index < -0.39 is 5.97 Å². The van der Waals surface area contributed by atoms with Crippen molar-refractivity contribution in [2.75, 3.05) is 0 Å². The highest BCUT2D eigenvalue weighted by molar-refractivity contribution is 6.30. The van der Waals surface area contributed by atoms with Gasteiger partial charge < -0.3 is 5.11 Å². The van der Waals surface area contributed by atoms with E-state index in [1.165, 1.54) is 4.68 Å². The molecule has 0 aliphatic rings. The summed E-state index contributed by atoms with van der Waals surface area (Å²) in [6, 6.07) is 5.63. The zero-order chi connectivity index (χ0) is 13.3. The molecule has 0 radical (unpaired) electrons. The van der Waals surface area contributed by atoms with Crippen molar-refractivity contribution in [1.29, 1.82) is 0 Å². The normalized spacial score (nSPS) is 10.6. The van der Waals surface area contributed by atoms with Gasteiger partial charge >= 0.3 is 5.97 Å². The van der Waals surface area contributed by atoms with E-state index in [-0.39, 0.29) is 6.54 Å². The van der Waals surface area contributed by atoms with Gasteiger partial charge in [0.2, 0.25) is 0 Å². The highest BCUT2D eigenvalue weighted by Gasteiger charge is 2.12. The van der Waals surface area contributed by atoms with Gasteiger partial charge in [0.1, 0.15) is 6.54 Å². The van der Waals surface area contributed by atoms with Gasteiger partial charge in [-0.15, -0.1) is 0 Å². The summed E-state index contributed by atoms with van der Waals surface area (Å²) >= 11 is 5.99. The SMILES string of the molecule is Cc1ccc(Cl)cc1-c1cnn(CC(=O)O)c1C. The van der Waals surface area contributed by atoms with Crippen LogP contribution < -0.4 is 0 Å². The minimum Gasteiger partial charge on any atom is -0.480 e. The second kappa shape index (κ2) is 4.82. The third-order valence-electron chi connectivity index (χ3n) is 2.88. The van der Waals surface area contributed by atoms with Gasteiger partial charge in [-0.05, 0) is 37.1 Å². The van der Waals surface area contributed by atoms with E-state index in [0.29, 0.717) is 5.02 Å². The molecule has 0 aliphatic heterocycles. The monoisotopic (exact) mass is 264 g/mol. The largest absolute Gasteiger partial charge is 0.480 e. The number of carboxylic acids is 1. The minimum atomic E-state index is -0.907. The Morgan fingerprint density at radius 1 is 1.39 bits per heavy atom. The molecular weight excluding hydrogens is 252 g/mol. The van der Waals surface area contributed by atoms with Crippen molar-refractivity contribution in [3.63, 3.8) is 0 Å². The van der Waals surface area contributed by atoms with Crippen LogP contribution in [0, 0.1) is 13.8 Å². The van der Waals surface area contributed by atoms with E-state index in [0.717, 1.165) is 22.4 Å². The second-order valence-corrected chi connectivity index (χ2v) is 4.59. The maximum Gasteiger partial charge on any atom is 0.325 e. The van der Waals surface area contributed by atoms with E-state index in [2.05, 4.69) is 5.10 Å². The number of benzene rings is 1. The molecule has 2 aromatic rings. The van der Waals surface area contributed by atoms with E-state index >= 15 is 0 Å². The summed E-state index contributed by atoms with van der Waals surface area (Å²) in [5.41, 5.74) is 3.80. The molecule has 1 aromatic carbocycles. The van der Waals surface area contributed by atoms with Crippen LogP contribution in [0.3, 0.4) is 0 Å². The lowest BCUT2D eigenvalue weighted by atomic mass is 10.0. The molecule has 0 amide bonds. The van der Waals surface area contributed by atoms with Gasteiger partial charge in [0.25, 0.3) is 0 Å². The molecule has 0 fully saturated rings. The Kier molecular flexibility index (Phi) is 3.39. The number of aliphatic carboxylic acids is 1. The number of hydrogen-bond acceptors (Lipinski definition) is 2. The smallest absolute Gasteiger partial charge is 0.325 e. The van der Waals surface area contributed by atoms with Gasteiger partial charge in [0.05, 0.1) is 6.20 Å². The number of hydrogen-bond donors (Lipinski definition) is 1. The van der Waals surface area contributed by atoms with E-state index in [1.807, 2.05) is 32.0 Å². The predicted octanol–water partition coefficient (Wildman–Crippen LogP) is 2.90. The first-order valence-electron chi connectivity index (χ1n) is 5.50. The molecule has 0 aliphatic carbocycles. The number of carbonyl (C=O) groups is 1. The average Bonchev–Trinajstić information content (AvgIpc) is 2.64. The highest BCUT2D eigenvalue weighted by Crippen LogP contribution is 2.28. The third kappa shape index (κ3) is 2.38. The third-order valence-corrected chi connectivity index (χ3v) is 3.11. The Hall–Kier alpha value is -1.81. The summed E-state index contributed by atoms with van der Waals surface area (Å²) in [4.78, 5) is 10.7. The first-order valence-corrected chi connectivity index (χ1v) is 5.87. The Morgan fingerprint density at radius 2 is 2.11 bits per heavy atom. The summed E-state index contributed by atoms with van der Waals surface area (Å²) in [5.74, 6) is -0.907. The molecule has 1 aromatic heterocycles. The van der Waals surface area contributed by atoms with Crippen LogP contribution in [0.2, 0.25) is 5.02 Å². The van der Waals surface area contributed by atoms with Crippen LogP contribution in [0.25, 0.3) is 11.1 Å². The van der Waals surface area contributed by atoms with Crippen LogP contribution in [-0.4, -0.2) is 20.9 Å². The molecule has 2 rings (SSSR count). The van der Waals surface area contributed by atoms with E-state index in [1.54, 1.807) is 6.20 Å². The first kappa shape index (κ1) is 12.6. The molecule has 1 heterocycles. The second-order valence-electron chi connectivity index (χ2n) is 4.15. The summed E-state index contributed by atoms with van der Waals surface area (Å²) < 4.78 is 1.47. The molecule has 1 N–H and O–H groups in total. The van der Waals surface area contributed by atoms with Crippen LogP contribution >= 0.6 is 11.6 Å². The van der Waals surface area contributed by atoms with E-state index in [4.69, 9.17) is 16.7 Å². The summed E-state index contributed by atoms with van der Waals surface area (Å²) in [6.07, 6.45) is 1.68. The molecule has 0 saturated carbocycles. The van der Waals surface area contributed by atoms with Gasteiger partial charge in [0, 0.05) is 16.3 Å². The number of rotatable bonds is 3. The minimum absolute atomic E-state index is 0.133. The van der Waals surface area contributed by atoms with Crippen molar-refractivity contribution >= 4 is 17.6 Å². The van der Waals surface area contributed by atoms with Gasteiger partial charge in [-0.2, -0.15) is 5.10 Å². The van der Waals surface area contributed by atoms with Crippen LogP contribution in [0.5, 0.6) is 0 Å².